The van der Waals surface area contributed by atoms with E-state index in [1.807, 2.05) is 68.6 Å². The first kappa shape index (κ1) is 21.3. The molecule has 8 heteroatoms. The van der Waals surface area contributed by atoms with Crippen LogP contribution >= 0.6 is 23.1 Å². The Labute approximate surface area is 189 Å². The molecule has 0 bridgehead atoms. The maximum atomic E-state index is 13.2. The molecule has 1 atom stereocenters. The lowest BCUT2D eigenvalue weighted by atomic mass is 10.1. The zero-order valence-electron chi connectivity index (χ0n) is 17.5. The second kappa shape index (κ2) is 9.45. The Morgan fingerprint density at radius 2 is 1.84 bits per heavy atom. The van der Waals surface area contributed by atoms with E-state index in [4.69, 9.17) is 4.42 Å². The third kappa shape index (κ3) is 5.59. The minimum absolute atomic E-state index is 0.143. The van der Waals surface area contributed by atoms with E-state index >= 15 is 0 Å². The van der Waals surface area contributed by atoms with Crippen LogP contribution in [0.15, 0.2) is 63.6 Å². The summed E-state index contributed by atoms with van der Waals surface area (Å²) in [5, 5.41) is 14.1. The minimum atomic E-state index is -0.531. The predicted molar refractivity (Wildman–Crippen MR) is 124 cm³/mol. The van der Waals surface area contributed by atoms with Crippen molar-refractivity contribution in [2.24, 2.45) is 0 Å². The number of hydrogen-bond donors (Lipinski definition) is 1. The number of nitrogens with zero attached hydrogens (tertiary/aromatic N) is 3. The van der Waals surface area contributed by atoms with Crippen molar-refractivity contribution in [3.63, 3.8) is 0 Å². The fraction of sp³-hybridized carbons (Fsp3) is 0.217. The van der Waals surface area contributed by atoms with Crippen LogP contribution in [0.4, 0.5) is 5.69 Å². The van der Waals surface area contributed by atoms with Crippen LogP contribution in [0.2, 0.25) is 0 Å². The highest BCUT2D eigenvalue weighted by Gasteiger charge is 2.25. The number of carbonyl (C=O) groups excluding carboxylic acids is 1. The number of thiazole rings is 1. The summed E-state index contributed by atoms with van der Waals surface area (Å²) in [5.41, 5.74) is 4.73. The molecule has 158 valence electrons. The number of thioether (sulfide) groups is 1. The molecule has 0 aliphatic heterocycles. The highest BCUT2D eigenvalue weighted by molar-refractivity contribution is 8.00. The van der Waals surface area contributed by atoms with Gasteiger partial charge in [-0.15, -0.1) is 21.5 Å². The molecule has 4 rings (SSSR count). The summed E-state index contributed by atoms with van der Waals surface area (Å²) in [6.45, 7) is 5.98. The summed E-state index contributed by atoms with van der Waals surface area (Å²) in [4.78, 5) is 17.6. The molecule has 0 aliphatic rings. The lowest BCUT2D eigenvalue weighted by molar-refractivity contribution is -0.115. The quantitative estimate of drug-likeness (QED) is 0.374. The molecule has 0 unspecified atom stereocenters. The van der Waals surface area contributed by atoms with Gasteiger partial charge in [-0.3, -0.25) is 4.79 Å². The van der Waals surface area contributed by atoms with Crippen LogP contribution in [0.5, 0.6) is 0 Å². The van der Waals surface area contributed by atoms with Gasteiger partial charge in [-0.05, 0) is 61.4 Å². The van der Waals surface area contributed by atoms with Crippen LogP contribution < -0.4 is 5.32 Å². The van der Waals surface area contributed by atoms with Gasteiger partial charge in [0, 0.05) is 11.1 Å². The standard InChI is InChI=1S/C23H22N4O2S2/c1-14-9-15(2)11-18(10-14)25-22(28)21(17-7-5-4-6-8-17)31-23-27-26-20(29-23)12-19-13-30-16(3)24-19/h4-11,13,21H,12H2,1-3H3,(H,25,28)/t21-/m0/s1. The molecular formula is C23H22N4O2S2. The number of aromatic nitrogens is 3. The smallest absolute Gasteiger partial charge is 0.277 e. The van der Waals surface area contributed by atoms with Crippen molar-refractivity contribution in [3.8, 4) is 0 Å². The van der Waals surface area contributed by atoms with Crippen molar-refractivity contribution in [2.75, 3.05) is 5.32 Å². The second-order valence-electron chi connectivity index (χ2n) is 7.27. The molecule has 4 aromatic rings. The van der Waals surface area contributed by atoms with Gasteiger partial charge in [0.1, 0.15) is 5.25 Å². The Balaban J connectivity index is 1.54. The van der Waals surface area contributed by atoms with Crippen molar-refractivity contribution in [1.29, 1.82) is 0 Å². The summed E-state index contributed by atoms with van der Waals surface area (Å²) in [7, 11) is 0. The Morgan fingerprint density at radius 3 is 2.52 bits per heavy atom. The Hall–Kier alpha value is -2.97. The fourth-order valence-corrected chi connectivity index (χ4v) is 4.76. The van der Waals surface area contributed by atoms with Crippen LogP contribution in [0.1, 0.15) is 38.5 Å². The Kier molecular flexibility index (Phi) is 6.48. The third-order valence-corrected chi connectivity index (χ3v) is 6.41. The highest BCUT2D eigenvalue weighted by atomic mass is 32.2. The van der Waals surface area contributed by atoms with E-state index in [-0.39, 0.29) is 5.91 Å². The largest absolute Gasteiger partial charge is 0.416 e. The number of aryl methyl sites for hydroxylation is 3. The van der Waals surface area contributed by atoms with Crippen LogP contribution in [-0.4, -0.2) is 21.1 Å². The zero-order valence-corrected chi connectivity index (χ0v) is 19.1. The van der Waals surface area contributed by atoms with Gasteiger partial charge in [-0.2, -0.15) is 0 Å². The van der Waals surface area contributed by atoms with Gasteiger partial charge in [-0.25, -0.2) is 4.98 Å². The summed E-state index contributed by atoms with van der Waals surface area (Å²) < 4.78 is 5.81. The summed E-state index contributed by atoms with van der Waals surface area (Å²) in [6.07, 6.45) is 0.475. The van der Waals surface area contributed by atoms with Gasteiger partial charge in [0.2, 0.25) is 11.8 Å². The first-order valence-electron chi connectivity index (χ1n) is 9.80. The van der Waals surface area contributed by atoms with E-state index in [1.54, 1.807) is 11.3 Å². The molecule has 2 aromatic heterocycles. The van der Waals surface area contributed by atoms with Gasteiger partial charge in [0.15, 0.2) is 0 Å². The first-order valence-corrected chi connectivity index (χ1v) is 11.6. The highest BCUT2D eigenvalue weighted by Crippen LogP contribution is 2.36. The van der Waals surface area contributed by atoms with E-state index in [2.05, 4.69) is 26.6 Å². The monoisotopic (exact) mass is 450 g/mol. The maximum absolute atomic E-state index is 13.2. The number of benzene rings is 2. The molecule has 1 N–H and O–H groups in total. The van der Waals surface area contributed by atoms with Crippen molar-refractivity contribution in [2.45, 2.75) is 37.7 Å². The van der Waals surface area contributed by atoms with Crippen LogP contribution in [0.3, 0.4) is 0 Å². The Morgan fingerprint density at radius 1 is 1.10 bits per heavy atom. The molecule has 2 aromatic carbocycles. The van der Waals surface area contributed by atoms with Crippen molar-refractivity contribution < 1.29 is 9.21 Å². The molecule has 0 aliphatic carbocycles. The van der Waals surface area contributed by atoms with Crippen molar-refractivity contribution >= 4 is 34.7 Å². The molecular weight excluding hydrogens is 428 g/mol. The lowest BCUT2D eigenvalue weighted by Gasteiger charge is -2.16. The zero-order chi connectivity index (χ0) is 21.8. The van der Waals surface area contributed by atoms with E-state index in [0.717, 1.165) is 33.1 Å². The topological polar surface area (TPSA) is 80.9 Å². The van der Waals surface area contributed by atoms with Crippen LogP contribution in [0, 0.1) is 20.8 Å². The molecule has 0 fully saturated rings. The third-order valence-electron chi connectivity index (χ3n) is 4.50. The molecule has 31 heavy (non-hydrogen) atoms. The second-order valence-corrected chi connectivity index (χ2v) is 9.39. The average molecular weight is 451 g/mol. The van der Waals surface area contributed by atoms with E-state index < -0.39 is 5.25 Å². The molecule has 0 saturated heterocycles. The van der Waals surface area contributed by atoms with E-state index in [0.29, 0.717) is 17.5 Å². The number of anilines is 1. The number of amides is 1. The van der Waals surface area contributed by atoms with Crippen molar-refractivity contribution in [3.05, 3.63) is 87.2 Å². The lowest BCUT2D eigenvalue weighted by Crippen LogP contribution is -2.19. The molecule has 0 spiro atoms. The van der Waals surface area contributed by atoms with Gasteiger partial charge in [0.05, 0.1) is 17.1 Å². The first-order chi connectivity index (χ1) is 15.0. The maximum Gasteiger partial charge on any atom is 0.277 e. The van der Waals surface area contributed by atoms with E-state index in [1.165, 1.54) is 11.8 Å². The van der Waals surface area contributed by atoms with Gasteiger partial charge in [-0.1, -0.05) is 36.4 Å². The van der Waals surface area contributed by atoms with E-state index in [9.17, 15) is 4.79 Å². The normalized spacial score (nSPS) is 12.0. The number of hydrogen-bond acceptors (Lipinski definition) is 7. The van der Waals surface area contributed by atoms with Crippen molar-refractivity contribution in [1.82, 2.24) is 15.2 Å². The molecule has 6 nitrogen and oxygen atoms in total. The van der Waals surface area contributed by atoms with Crippen LogP contribution in [-0.2, 0) is 11.2 Å². The summed E-state index contributed by atoms with van der Waals surface area (Å²) in [5.74, 6) is 0.338. The summed E-state index contributed by atoms with van der Waals surface area (Å²) in [6, 6.07) is 15.6. The molecule has 0 saturated carbocycles. The summed E-state index contributed by atoms with van der Waals surface area (Å²) >= 11 is 2.83. The Bertz CT molecular complexity index is 1170. The predicted octanol–water partition coefficient (Wildman–Crippen LogP) is 5.51. The fourth-order valence-electron chi connectivity index (χ4n) is 3.26. The molecule has 0 radical (unpaired) electrons. The number of carbonyl (C=O) groups is 1. The average Bonchev–Trinajstić information content (AvgIpc) is 3.34. The minimum Gasteiger partial charge on any atom is -0.416 e. The molecule has 1 amide bonds. The van der Waals surface area contributed by atoms with Gasteiger partial charge in [0.25, 0.3) is 5.22 Å². The van der Waals surface area contributed by atoms with Gasteiger partial charge >= 0.3 is 0 Å². The SMILES string of the molecule is Cc1cc(C)cc(NC(=O)[C@@H](Sc2nnc(Cc3csc(C)n3)o2)c2ccccc2)c1. The van der Waals surface area contributed by atoms with Gasteiger partial charge < -0.3 is 9.73 Å². The number of nitrogens with one attached hydrogen (secondary N) is 1. The van der Waals surface area contributed by atoms with Crippen LogP contribution in [0.25, 0.3) is 0 Å². The molecule has 2 heterocycles. The number of rotatable bonds is 7.